The van der Waals surface area contributed by atoms with Crippen LogP contribution in [-0.4, -0.2) is 23.1 Å². The normalized spacial score (nSPS) is 11.9. The van der Waals surface area contributed by atoms with Gasteiger partial charge in [-0.1, -0.05) is 30.3 Å². The second-order valence-electron chi connectivity index (χ2n) is 6.52. The predicted octanol–water partition coefficient (Wildman–Crippen LogP) is 3.63. The minimum atomic E-state index is -0.316. The topological polar surface area (TPSA) is 60.3 Å². The van der Waals surface area contributed by atoms with Crippen LogP contribution in [0.15, 0.2) is 30.3 Å². The van der Waals surface area contributed by atoms with E-state index in [1.165, 1.54) is 0 Å². The van der Waals surface area contributed by atoms with E-state index in [1.807, 2.05) is 62.7 Å². The van der Waals surface area contributed by atoms with Gasteiger partial charge in [-0.3, -0.25) is 4.79 Å². The molecule has 1 N–H and O–H groups in total. The number of ether oxygens (including phenoxy) is 1. The molecule has 0 aliphatic heterocycles. The highest BCUT2D eigenvalue weighted by Crippen LogP contribution is 2.23. The van der Waals surface area contributed by atoms with Crippen LogP contribution in [0.3, 0.4) is 0 Å². The summed E-state index contributed by atoms with van der Waals surface area (Å²) < 4.78 is 7.00. The molecule has 1 heterocycles. The first-order chi connectivity index (χ1) is 12.4. The van der Waals surface area contributed by atoms with E-state index in [9.17, 15) is 9.59 Å². The van der Waals surface area contributed by atoms with Gasteiger partial charge in [0.2, 0.25) is 5.91 Å². The standard InChI is InChI=1S/C21H28N2O3/c1-6-26-21(25)20-14(2)18(16(4)23(20)5)12-13-19(24)22-15(3)17-10-8-7-9-11-17/h7-11,15H,6,12-13H2,1-5H3,(H,22,24)/t15-/m0/s1. The molecule has 0 spiro atoms. The van der Waals surface area contributed by atoms with Gasteiger partial charge in [0.05, 0.1) is 12.6 Å². The maximum atomic E-state index is 12.3. The Balaban J connectivity index is 2.04. The predicted molar refractivity (Wildman–Crippen MR) is 102 cm³/mol. The van der Waals surface area contributed by atoms with Crippen molar-refractivity contribution in [3.8, 4) is 0 Å². The Hall–Kier alpha value is -2.56. The summed E-state index contributed by atoms with van der Waals surface area (Å²) in [6.07, 6.45) is 0.976. The summed E-state index contributed by atoms with van der Waals surface area (Å²) in [6.45, 7) is 8.00. The molecule has 0 aliphatic rings. The van der Waals surface area contributed by atoms with Gasteiger partial charge in [0.1, 0.15) is 5.69 Å². The van der Waals surface area contributed by atoms with E-state index in [-0.39, 0.29) is 17.9 Å². The van der Waals surface area contributed by atoms with Crippen molar-refractivity contribution in [2.45, 2.75) is 46.6 Å². The van der Waals surface area contributed by atoms with E-state index >= 15 is 0 Å². The minimum absolute atomic E-state index is 0.00157. The summed E-state index contributed by atoms with van der Waals surface area (Å²) >= 11 is 0. The van der Waals surface area contributed by atoms with Crippen LogP contribution >= 0.6 is 0 Å². The Morgan fingerprint density at radius 3 is 2.46 bits per heavy atom. The van der Waals surface area contributed by atoms with Crippen molar-refractivity contribution >= 4 is 11.9 Å². The Morgan fingerprint density at radius 1 is 1.19 bits per heavy atom. The van der Waals surface area contributed by atoms with E-state index in [0.29, 0.717) is 25.1 Å². The minimum Gasteiger partial charge on any atom is -0.461 e. The number of esters is 1. The van der Waals surface area contributed by atoms with Crippen molar-refractivity contribution in [1.82, 2.24) is 9.88 Å². The van der Waals surface area contributed by atoms with Gasteiger partial charge in [0.15, 0.2) is 0 Å². The van der Waals surface area contributed by atoms with Gasteiger partial charge >= 0.3 is 5.97 Å². The fourth-order valence-corrected chi connectivity index (χ4v) is 3.27. The lowest BCUT2D eigenvalue weighted by Crippen LogP contribution is -2.26. The third-order valence-corrected chi connectivity index (χ3v) is 4.83. The van der Waals surface area contributed by atoms with Crippen molar-refractivity contribution in [2.75, 3.05) is 6.61 Å². The summed E-state index contributed by atoms with van der Waals surface area (Å²) in [7, 11) is 1.86. The van der Waals surface area contributed by atoms with Gasteiger partial charge in [-0.2, -0.15) is 0 Å². The van der Waals surface area contributed by atoms with Crippen molar-refractivity contribution in [3.63, 3.8) is 0 Å². The van der Waals surface area contributed by atoms with Crippen LogP contribution in [0.25, 0.3) is 0 Å². The monoisotopic (exact) mass is 356 g/mol. The molecular formula is C21H28N2O3. The molecular weight excluding hydrogens is 328 g/mol. The number of carbonyl (C=O) groups is 2. The largest absolute Gasteiger partial charge is 0.461 e. The Bertz CT molecular complexity index is 778. The zero-order chi connectivity index (χ0) is 19.3. The number of rotatable bonds is 7. The van der Waals surface area contributed by atoms with Gasteiger partial charge in [0, 0.05) is 19.2 Å². The van der Waals surface area contributed by atoms with E-state index in [2.05, 4.69) is 5.32 Å². The average Bonchev–Trinajstić information content (AvgIpc) is 2.83. The molecule has 0 fully saturated rings. The highest BCUT2D eigenvalue weighted by molar-refractivity contribution is 5.90. The van der Waals surface area contributed by atoms with Crippen LogP contribution < -0.4 is 5.32 Å². The first-order valence-corrected chi connectivity index (χ1v) is 9.03. The molecule has 1 aromatic carbocycles. The summed E-state index contributed by atoms with van der Waals surface area (Å²) in [5.41, 5.74) is 4.58. The molecule has 140 valence electrons. The number of hydrogen-bond donors (Lipinski definition) is 1. The van der Waals surface area contributed by atoms with Crippen LogP contribution in [0.2, 0.25) is 0 Å². The van der Waals surface area contributed by atoms with Crippen LogP contribution in [0.4, 0.5) is 0 Å². The zero-order valence-corrected chi connectivity index (χ0v) is 16.3. The second-order valence-corrected chi connectivity index (χ2v) is 6.52. The highest BCUT2D eigenvalue weighted by Gasteiger charge is 2.22. The number of amides is 1. The maximum Gasteiger partial charge on any atom is 0.355 e. The number of benzene rings is 1. The molecule has 0 saturated carbocycles. The molecule has 5 nitrogen and oxygen atoms in total. The Labute approximate surface area is 155 Å². The zero-order valence-electron chi connectivity index (χ0n) is 16.3. The molecule has 2 rings (SSSR count). The van der Waals surface area contributed by atoms with Crippen LogP contribution in [0, 0.1) is 13.8 Å². The number of nitrogens with zero attached hydrogens (tertiary/aromatic N) is 1. The van der Waals surface area contributed by atoms with Crippen molar-refractivity contribution in [2.24, 2.45) is 7.05 Å². The Kier molecular flexibility index (Phi) is 6.61. The summed E-state index contributed by atoms with van der Waals surface area (Å²) in [6, 6.07) is 9.86. The fourth-order valence-electron chi connectivity index (χ4n) is 3.27. The summed E-state index contributed by atoms with van der Waals surface area (Å²) in [5.74, 6) is -0.314. The number of nitrogens with one attached hydrogen (secondary N) is 1. The van der Waals surface area contributed by atoms with E-state index in [1.54, 1.807) is 6.92 Å². The van der Waals surface area contributed by atoms with E-state index < -0.39 is 0 Å². The van der Waals surface area contributed by atoms with Gasteiger partial charge in [-0.15, -0.1) is 0 Å². The Morgan fingerprint density at radius 2 is 1.85 bits per heavy atom. The number of aromatic nitrogens is 1. The van der Waals surface area contributed by atoms with Crippen LogP contribution in [-0.2, 0) is 23.0 Å². The number of hydrogen-bond acceptors (Lipinski definition) is 3. The highest BCUT2D eigenvalue weighted by atomic mass is 16.5. The van der Waals surface area contributed by atoms with Gasteiger partial charge in [-0.25, -0.2) is 4.79 Å². The molecule has 1 aromatic heterocycles. The first kappa shape index (κ1) is 19.8. The average molecular weight is 356 g/mol. The van der Waals surface area contributed by atoms with Crippen molar-refractivity contribution < 1.29 is 14.3 Å². The van der Waals surface area contributed by atoms with E-state index in [0.717, 1.165) is 22.4 Å². The van der Waals surface area contributed by atoms with Crippen molar-refractivity contribution in [3.05, 3.63) is 58.4 Å². The SMILES string of the molecule is CCOC(=O)c1c(C)c(CCC(=O)N[C@@H](C)c2ccccc2)c(C)n1C. The third-order valence-electron chi connectivity index (χ3n) is 4.83. The van der Waals surface area contributed by atoms with Gasteiger partial charge < -0.3 is 14.6 Å². The summed E-state index contributed by atoms with van der Waals surface area (Å²) in [4.78, 5) is 24.5. The molecule has 0 saturated heterocycles. The molecule has 0 unspecified atom stereocenters. The smallest absolute Gasteiger partial charge is 0.355 e. The molecule has 1 amide bonds. The lowest BCUT2D eigenvalue weighted by Gasteiger charge is -2.14. The van der Waals surface area contributed by atoms with Crippen LogP contribution in [0.5, 0.6) is 0 Å². The summed E-state index contributed by atoms with van der Waals surface area (Å²) in [5, 5.41) is 3.03. The molecule has 1 atom stereocenters. The molecule has 5 heteroatoms. The lowest BCUT2D eigenvalue weighted by atomic mass is 10.0. The maximum absolute atomic E-state index is 12.3. The molecule has 0 aliphatic carbocycles. The molecule has 2 aromatic rings. The van der Waals surface area contributed by atoms with E-state index in [4.69, 9.17) is 4.74 Å². The first-order valence-electron chi connectivity index (χ1n) is 9.03. The molecule has 0 radical (unpaired) electrons. The third kappa shape index (κ3) is 4.34. The quantitative estimate of drug-likeness (QED) is 0.771. The molecule has 0 bridgehead atoms. The van der Waals surface area contributed by atoms with Crippen LogP contribution in [0.1, 0.15) is 59.2 Å². The molecule has 26 heavy (non-hydrogen) atoms. The van der Waals surface area contributed by atoms with Crippen molar-refractivity contribution in [1.29, 1.82) is 0 Å². The van der Waals surface area contributed by atoms with Gasteiger partial charge in [0.25, 0.3) is 0 Å². The lowest BCUT2D eigenvalue weighted by molar-refractivity contribution is -0.121. The van der Waals surface area contributed by atoms with Gasteiger partial charge in [-0.05, 0) is 50.8 Å². The fraction of sp³-hybridized carbons (Fsp3) is 0.429. The number of carbonyl (C=O) groups excluding carboxylic acids is 2. The second kappa shape index (κ2) is 8.70.